The van der Waals surface area contributed by atoms with E-state index in [1.807, 2.05) is 12.1 Å². The third-order valence-electron chi connectivity index (χ3n) is 7.68. The highest BCUT2D eigenvalue weighted by Gasteiger charge is 2.41. The monoisotopic (exact) mass is 538 g/mol. The topological polar surface area (TPSA) is 95.7 Å². The lowest BCUT2D eigenvalue weighted by Crippen LogP contribution is -2.49. The van der Waals surface area contributed by atoms with Crippen LogP contribution in [0.25, 0.3) is 0 Å². The zero-order valence-electron chi connectivity index (χ0n) is 19.9. The van der Waals surface area contributed by atoms with Crippen LogP contribution in [0.5, 0.6) is 5.75 Å². The van der Waals surface area contributed by atoms with E-state index in [0.717, 1.165) is 12.8 Å². The third-order valence-corrected chi connectivity index (χ3v) is 8.31. The predicted octanol–water partition coefficient (Wildman–Crippen LogP) is 3.86. The van der Waals surface area contributed by atoms with Crippen LogP contribution in [0.1, 0.15) is 56.7 Å². The van der Waals surface area contributed by atoms with E-state index in [0.29, 0.717) is 38.3 Å². The molecule has 1 atom stereocenters. The number of halogens is 2. The number of rotatable bonds is 3. The van der Waals surface area contributed by atoms with E-state index < -0.39 is 23.3 Å². The van der Waals surface area contributed by atoms with Gasteiger partial charge in [-0.15, -0.1) is 0 Å². The van der Waals surface area contributed by atoms with Crippen molar-refractivity contribution in [3.05, 3.63) is 91.1 Å². The van der Waals surface area contributed by atoms with Crippen LogP contribution in [0.15, 0.2) is 47.3 Å². The third kappa shape index (κ3) is 3.90. The summed E-state index contributed by atoms with van der Waals surface area (Å²) in [6.07, 6.45) is 2.70. The summed E-state index contributed by atoms with van der Waals surface area (Å²) >= 11 is 12.6. The Morgan fingerprint density at radius 1 is 0.946 bits per heavy atom. The van der Waals surface area contributed by atoms with Gasteiger partial charge in [-0.1, -0.05) is 53.5 Å². The van der Waals surface area contributed by atoms with E-state index in [2.05, 4.69) is 17.1 Å². The maximum atomic E-state index is 13.7. The standard InChI is InChI=1S/C27H24Cl2N4O4/c28-18-7-3-8-19(29)21(18)26(36)32-10-4-9-20(32)24-30-25(35)23(34)22-27(37)31(11-12-33(22)24)17-13-15-5-1-2-6-16(15)14-17/h1-3,5-8,17,20,34H,4,9-14H2/t20-/m0/s1. The number of carbonyl (C=O) groups is 2. The summed E-state index contributed by atoms with van der Waals surface area (Å²) in [6.45, 7) is 1.20. The molecule has 0 spiro atoms. The zero-order chi connectivity index (χ0) is 25.8. The largest absolute Gasteiger partial charge is 0.501 e. The SMILES string of the molecule is O=C1c2c(O)c(=O)nc([C@@H]3CCCN3C(=O)c3c(Cl)cccc3Cl)n2CCN1C1Cc2ccccc2C1. The van der Waals surface area contributed by atoms with Crippen LogP contribution in [0.4, 0.5) is 0 Å². The molecule has 0 radical (unpaired) electrons. The second-order valence-electron chi connectivity index (χ2n) is 9.71. The average molecular weight is 539 g/mol. The molecule has 3 aromatic rings. The number of nitrogens with zero attached hydrogens (tertiary/aromatic N) is 4. The van der Waals surface area contributed by atoms with Crippen molar-refractivity contribution in [2.24, 2.45) is 0 Å². The minimum Gasteiger partial charge on any atom is -0.501 e. The summed E-state index contributed by atoms with van der Waals surface area (Å²) in [5, 5.41) is 11.2. The van der Waals surface area contributed by atoms with E-state index in [-0.39, 0.29) is 33.3 Å². The summed E-state index contributed by atoms with van der Waals surface area (Å²) in [4.78, 5) is 47.5. The van der Waals surface area contributed by atoms with Crippen LogP contribution >= 0.6 is 23.2 Å². The molecule has 1 N–H and O–H groups in total. The van der Waals surface area contributed by atoms with Gasteiger partial charge in [-0.25, -0.2) is 0 Å². The van der Waals surface area contributed by atoms with Gasteiger partial charge in [-0.3, -0.25) is 14.4 Å². The number of hydrogen-bond donors (Lipinski definition) is 1. The van der Waals surface area contributed by atoms with Gasteiger partial charge in [0.25, 0.3) is 11.8 Å². The molecule has 1 saturated heterocycles. The predicted molar refractivity (Wildman–Crippen MR) is 138 cm³/mol. The van der Waals surface area contributed by atoms with E-state index in [1.165, 1.54) is 11.1 Å². The Labute approximate surface area is 223 Å². The van der Waals surface area contributed by atoms with Gasteiger partial charge in [-0.05, 0) is 48.9 Å². The molecule has 2 aliphatic heterocycles. The minimum atomic E-state index is -0.874. The highest BCUT2D eigenvalue weighted by Crippen LogP contribution is 2.37. The summed E-state index contributed by atoms with van der Waals surface area (Å²) in [5.74, 6) is -1.11. The van der Waals surface area contributed by atoms with Crippen molar-refractivity contribution in [3.8, 4) is 5.75 Å². The molecule has 8 nitrogen and oxygen atoms in total. The van der Waals surface area contributed by atoms with Gasteiger partial charge in [-0.2, -0.15) is 4.98 Å². The quantitative estimate of drug-likeness (QED) is 0.546. The van der Waals surface area contributed by atoms with Gasteiger partial charge in [0.2, 0.25) is 5.75 Å². The summed E-state index contributed by atoms with van der Waals surface area (Å²) < 4.78 is 1.61. The maximum absolute atomic E-state index is 13.7. The van der Waals surface area contributed by atoms with E-state index in [4.69, 9.17) is 23.2 Å². The number of likely N-dealkylation sites (tertiary alicyclic amines) is 1. The first-order valence-corrected chi connectivity index (χ1v) is 13.1. The molecule has 3 heterocycles. The van der Waals surface area contributed by atoms with Crippen LogP contribution in [0, 0.1) is 0 Å². The van der Waals surface area contributed by atoms with E-state index in [9.17, 15) is 19.5 Å². The fraction of sp³-hybridized carbons (Fsp3) is 0.333. The molecule has 0 bridgehead atoms. The minimum absolute atomic E-state index is 0.0447. The van der Waals surface area contributed by atoms with Crippen molar-refractivity contribution in [2.75, 3.05) is 13.1 Å². The smallest absolute Gasteiger partial charge is 0.315 e. The van der Waals surface area contributed by atoms with Gasteiger partial charge >= 0.3 is 5.56 Å². The first kappa shape index (κ1) is 24.0. The molecule has 1 aliphatic carbocycles. The number of amides is 2. The molecule has 6 rings (SSSR count). The summed E-state index contributed by atoms with van der Waals surface area (Å²) in [7, 11) is 0. The van der Waals surface area contributed by atoms with Crippen LogP contribution in [-0.2, 0) is 19.4 Å². The molecule has 2 aromatic carbocycles. The van der Waals surface area contributed by atoms with Gasteiger partial charge in [0.05, 0.1) is 21.7 Å². The Morgan fingerprint density at radius 2 is 1.62 bits per heavy atom. The molecule has 0 unspecified atom stereocenters. The highest BCUT2D eigenvalue weighted by molar-refractivity contribution is 6.39. The Bertz CT molecular complexity index is 1460. The molecule has 0 saturated carbocycles. The number of aromatic nitrogens is 2. The highest BCUT2D eigenvalue weighted by atomic mass is 35.5. The lowest BCUT2D eigenvalue weighted by molar-refractivity contribution is 0.0607. The molecule has 2 amide bonds. The van der Waals surface area contributed by atoms with Gasteiger partial charge in [0.1, 0.15) is 5.82 Å². The molecular weight excluding hydrogens is 515 g/mol. The lowest BCUT2D eigenvalue weighted by Gasteiger charge is -2.36. The average Bonchev–Trinajstić information content (AvgIpc) is 3.53. The molecule has 37 heavy (non-hydrogen) atoms. The number of benzene rings is 2. The Hall–Kier alpha value is -3.36. The fourth-order valence-corrected chi connectivity index (χ4v) is 6.49. The van der Waals surface area contributed by atoms with Crippen LogP contribution in [0.3, 0.4) is 0 Å². The molecular formula is C27H24Cl2N4O4. The van der Waals surface area contributed by atoms with Crippen molar-refractivity contribution in [2.45, 2.75) is 44.3 Å². The molecule has 190 valence electrons. The molecule has 1 fully saturated rings. The van der Waals surface area contributed by atoms with Crippen molar-refractivity contribution >= 4 is 35.0 Å². The van der Waals surface area contributed by atoms with Gasteiger partial charge in [0, 0.05) is 25.7 Å². The maximum Gasteiger partial charge on any atom is 0.315 e. The normalized spacial score (nSPS) is 19.3. The zero-order valence-corrected chi connectivity index (χ0v) is 21.4. The van der Waals surface area contributed by atoms with Crippen LogP contribution in [0.2, 0.25) is 10.0 Å². The fourth-order valence-electron chi connectivity index (χ4n) is 5.93. The van der Waals surface area contributed by atoms with Crippen molar-refractivity contribution in [3.63, 3.8) is 0 Å². The summed E-state index contributed by atoms with van der Waals surface area (Å²) in [6, 6.07) is 12.4. The second-order valence-corrected chi connectivity index (χ2v) is 10.5. The Kier molecular flexibility index (Phi) is 5.96. The number of fused-ring (bicyclic) bond motifs is 2. The first-order chi connectivity index (χ1) is 17.8. The lowest BCUT2D eigenvalue weighted by atomic mass is 10.1. The van der Waals surface area contributed by atoms with E-state index >= 15 is 0 Å². The van der Waals surface area contributed by atoms with E-state index in [1.54, 1.807) is 32.6 Å². The number of aromatic hydroxyl groups is 1. The molecule has 10 heteroatoms. The van der Waals surface area contributed by atoms with Crippen molar-refractivity contribution in [1.29, 1.82) is 0 Å². The van der Waals surface area contributed by atoms with Gasteiger partial charge < -0.3 is 19.5 Å². The Balaban J connectivity index is 1.36. The second kappa shape index (κ2) is 9.19. The Morgan fingerprint density at radius 3 is 2.30 bits per heavy atom. The van der Waals surface area contributed by atoms with Crippen molar-refractivity contribution in [1.82, 2.24) is 19.4 Å². The van der Waals surface area contributed by atoms with Gasteiger partial charge in [0.15, 0.2) is 5.69 Å². The number of hydrogen-bond acceptors (Lipinski definition) is 5. The number of carbonyl (C=O) groups excluding carboxylic acids is 2. The van der Waals surface area contributed by atoms with Crippen molar-refractivity contribution < 1.29 is 14.7 Å². The summed E-state index contributed by atoms with van der Waals surface area (Å²) in [5.41, 5.74) is 1.68. The van der Waals surface area contributed by atoms with Crippen LogP contribution in [-0.4, -0.2) is 55.4 Å². The molecule has 1 aromatic heterocycles. The first-order valence-electron chi connectivity index (χ1n) is 12.3. The molecule has 3 aliphatic rings. The van der Waals surface area contributed by atoms with Crippen LogP contribution < -0.4 is 5.56 Å².